The lowest BCUT2D eigenvalue weighted by molar-refractivity contribution is -0.00975. The van der Waals surface area contributed by atoms with Gasteiger partial charge in [0, 0.05) is 18.4 Å². The first kappa shape index (κ1) is 13.4. The summed E-state index contributed by atoms with van der Waals surface area (Å²) in [6.45, 7) is 1.82. The van der Waals surface area contributed by atoms with Crippen LogP contribution in [0.15, 0.2) is 24.3 Å². The highest BCUT2D eigenvalue weighted by Crippen LogP contribution is 2.20. The molecule has 0 bridgehead atoms. The normalized spacial score (nSPS) is 19.7. The van der Waals surface area contributed by atoms with Crippen LogP contribution in [0.5, 0.6) is 5.75 Å². The summed E-state index contributed by atoms with van der Waals surface area (Å²) in [5.74, 6) is 0.617. The van der Waals surface area contributed by atoms with Crippen LogP contribution in [-0.4, -0.2) is 49.0 Å². The Hall–Kier alpha value is -1.07. The van der Waals surface area contributed by atoms with Crippen molar-refractivity contribution in [3.63, 3.8) is 0 Å². The number of hydrogen-bond acceptors (Lipinski definition) is 3. The van der Waals surface area contributed by atoms with Crippen molar-refractivity contribution >= 4 is 21.8 Å². The van der Waals surface area contributed by atoms with E-state index in [0.29, 0.717) is 31.0 Å². The summed E-state index contributed by atoms with van der Waals surface area (Å²) < 4.78 is 10.8. The minimum Gasteiger partial charge on any atom is -0.496 e. The fourth-order valence-electron chi connectivity index (χ4n) is 1.99. The summed E-state index contributed by atoms with van der Waals surface area (Å²) >= 11 is 3.38. The molecule has 1 aromatic rings. The third-order valence-corrected chi connectivity index (χ3v) is 3.66. The second-order valence-electron chi connectivity index (χ2n) is 4.10. The molecule has 0 aromatic heterocycles. The van der Waals surface area contributed by atoms with Crippen molar-refractivity contribution in [2.75, 3.05) is 32.1 Å². The predicted molar refractivity (Wildman–Crippen MR) is 72.4 cm³/mol. The molecule has 1 atom stereocenters. The number of hydrogen-bond donors (Lipinski definition) is 0. The van der Waals surface area contributed by atoms with Crippen molar-refractivity contribution in [3.8, 4) is 5.75 Å². The Bertz CT molecular complexity index is 424. The fourth-order valence-corrected chi connectivity index (χ4v) is 2.38. The van der Waals surface area contributed by atoms with Gasteiger partial charge in [-0.1, -0.05) is 28.1 Å². The highest BCUT2D eigenvalue weighted by atomic mass is 79.9. The summed E-state index contributed by atoms with van der Waals surface area (Å²) in [4.78, 5) is 14.2. The molecule has 0 N–H and O–H groups in total. The number of carbonyl (C=O) groups is 1. The van der Waals surface area contributed by atoms with Crippen LogP contribution >= 0.6 is 15.9 Å². The third kappa shape index (κ3) is 2.84. The van der Waals surface area contributed by atoms with E-state index in [0.717, 1.165) is 5.33 Å². The molecule has 2 rings (SSSR count). The van der Waals surface area contributed by atoms with Crippen molar-refractivity contribution in [2.24, 2.45) is 0 Å². The number of methoxy groups -OCH3 is 1. The Morgan fingerprint density at radius 1 is 1.56 bits per heavy atom. The minimum atomic E-state index is 0.00157. The number of para-hydroxylation sites is 1. The van der Waals surface area contributed by atoms with E-state index in [4.69, 9.17) is 9.47 Å². The second-order valence-corrected chi connectivity index (χ2v) is 4.75. The van der Waals surface area contributed by atoms with Gasteiger partial charge < -0.3 is 14.4 Å². The standard InChI is InChI=1S/C13H16BrNO3/c1-17-12-5-3-2-4-11(12)13(16)15-6-7-18-10(8-14)9-15/h2-5,10H,6-9H2,1H3. The SMILES string of the molecule is COc1ccccc1C(=O)N1CCOC(CBr)C1. The van der Waals surface area contributed by atoms with E-state index in [2.05, 4.69) is 15.9 Å². The maximum Gasteiger partial charge on any atom is 0.257 e. The Labute approximate surface area is 115 Å². The molecule has 4 nitrogen and oxygen atoms in total. The van der Waals surface area contributed by atoms with Crippen LogP contribution in [0.4, 0.5) is 0 Å². The fraction of sp³-hybridized carbons (Fsp3) is 0.462. The van der Waals surface area contributed by atoms with Gasteiger partial charge in [0.15, 0.2) is 0 Å². The van der Waals surface area contributed by atoms with Gasteiger partial charge >= 0.3 is 0 Å². The molecule has 1 amide bonds. The minimum absolute atomic E-state index is 0.00157. The van der Waals surface area contributed by atoms with Crippen LogP contribution in [0.1, 0.15) is 10.4 Å². The summed E-state index contributed by atoms with van der Waals surface area (Å²) in [5, 5.41) is 0.739. The molecule has 1 heterocycles. The average molecular weight is 314 g/mol. The number of halogens is 1. The van der Waals surface area contributed by atoms with Gasteiger partial charge in [-0.05, 0) is 12.1 Å². The number of benzene rings is 1. The van der Waals surface area contributed by atoms with Crippen molar-refractivity contribution in [1.29, 1.82) is 0 Å². The maximum absolute atomic E-state index is 12.4. The zero-order valence-corrected chi connectivity index (χ0v) is 11.9. The average Bonchev–Trinajstić information content (AvgIpc) is 2.46. The number of carbonyl (C=O) groups excluding carboxylic acids is 1. The van der Waals surface area contributed by atoms with E-state index in [9.17, 15) is 4.79 Å². The van der Waals surface area contributed by atoms with Crippen LogP contribution < -0.4 is 4.74 Å². The van der Waals surface area contributed by atoms with E-state index < -0.39 is 0 Å². The van der Waals surface area contributed by atoms with Gasteiger partial charge in [-0.2, -0.15) is 0 Å². The Morgan fingerprint density at radius 2 is 2.33 bits per heavy atom. The van der Waals surface area contributed by atoms with Gasteiger partial charge in [-0.25, -0.2) is 0 Å². The van der Waals surface area contributed by atoms with E-state index in [1.165, 1.54) is 0 Å². The number of ether oxygens (including phenoxy) is 2. The number of nitrogens with zero attached hydrogens (tertiary/aromatic N) is 1. The molecule has 18 heavy (non-hydrogen) atoms. The summed E-state index contributed by atoms with van der Waals surface area (Å²) in [7, 11) is 1.58. The molecular formula is C13H16BrNO3. The lowest BCUT2D eigenvalue weighted by atomic mass is 10.1. The Balaban J connectivity index is 2.15. The summed E-state index contributed by atoms with van der Waals surface area (Å²) in [6, 6.07) is 7.30. The van der Waals surface area contributed by atoms with Crippen LogP contribution in [0, 0.1) is 0 Å². The highest BCUT2D eigenvalue weighted by Gasteiger charge is 2.25. The molecule has 1 unspecified atom stereocenters. The van der Waals surface area contributed by atoms with Gasteiger partial charge in [0.25, 0.3) is 5.91 Å². The van der Waals surface area contributed by atoms with Crippen LogP contribution in [0.25, 0.3) is 0 Å². The molecule has 98 valence electrons. The Morgan fingerprint density at radius 3 is 3.06 bits per heavy atom. The van der Waals surface area contributed by atoms with Gasteiger partial charge in [0.05, 0.1) is 25.4 Å². The molecule has 1 fully saturated rings. The molecule has 1 saturated heterocycles. The smallest absolute Gasteiger partial charge is 0.257 e. The first-order valence-electron chi connectivity index (χ1n) is 5.86. The molecule has 0 radical (unpaired) electrons. The topological polar surface area (TPSA) is 38.8 Å². The van der Waals surface area contributed by atoms with E-state index in [-0.39, 0.29) is 12.0 Å². The molecular weight excluding hydrogens is 298 g/mol. The van der Waals surface area contributed by atoms with Crippen LogP contribution in [0.3, 0.4) is 0 Å². The van der Waals surface area contributed by atoms with Gasteiger partial charge in [-0.3, -0.25) is 4.79 Å². The zero-order chi connectivity index (χ0) is 13.0. The number of morpholine rings is 1. The molecule has 1 aliphatic heterocycles. The van der Waals surface area contributed by atoms with Crippen LogP contribution in [0.2, 0.25) is 0 Å². The molecule has 0 aliphatic carbocycles. The first-order valence-corrected chi connectivity index (χ1v) is 6.98. The van der Waals surface area contributed by atoms with Gasteiger partial charge in [-0.15, -0.1) is 0 Å². The summed E-state index contributed by atoms with van der Waals surface area (Å²) in [6.07, 6.45) is 0.0670. The quantitative estimate of drug-likeness (QED) is 0.800. The van der Waals surface area contributed by atoms with Crippen molar-refractivity contribution in [1.82, 2.24) is 4.90 Å². The van der Waals surface area contributed by atoms with Crippen molar-refractivity contribution in [3.05, 3.63) is 29.8 Å². The van der Waals surface area contributed by atoms with Crippen molar-refractivity contribution in [2.45, 2.75) is 6.10 Å². The number of alkyl halides is 1. The number of amides is 1. The maximum atomic E-state index is 12.4. The largest absolute Gasteiger partial charge is 0.496 e. The summed E-state index contributed by atoms with van der Waals surface area (Å²) in [5.41, 5.74) is 0.607. The van der Waals surface area contributed by atoms with Crippen molar-refractivity contribution < 1.29 is 14.3 Å². The monoisotopic (exact) mass is 313 g/mol. The third-order valence-electron chi connectivity index (χ3n) is 2.94. The van der Waals surface area contributed by atoms with E-state index in [1.54, 1.807) is 19.2 Å². The predicted octanol–water partition coefficient (Wildman–Crippen LogP) is 1.93. The Kier molecular flexibility index (Phi) is 4.60. The van der Waals surface area contributed by atoms with E-state index in [1.807, 2.05) is 17.0 Å². The molecule has 0 saturated carbocycles. The molecule has 1 aromatic carbocycles. The lowest BCUT2D eigenvalue weighted by Gasteiger charge is -2.32. The van der Waals surface area contributed by atoms with E-state index >= 15 is 0 Å². The molecule has 5 heteroatoms. The lowest BCUT2D eigenvalue weighted by Crippen LogP contribution is -2.46. The molecule has 0 spiro atoms. The highest BCUT2D eigenvalue weighted by molar-refractivity contribution is 9.09. The van der Waals surface area contributed by atoms with Gasteiger partial charge in [0.2, 0.25) is 0 Å². The number of rotatable bonds is 3. The zero-order valence-electron chi connectivity index (χ0n) is 10.3. The van der Waals surface area contributed by atoms with Crippen LogP contribution in [-0.2, 0) is 4.74 Å². The van der Waals surface area contributed by atoms with Gasteiger partial charge in [0.1, 0.15) is 5.75 Å². The second kappa shape index (κ2) is 6.20. The molecule has 1 aliphatic rings. The first-order chi connectivity index (χ1) is 8.76.